The topological polar surface area (TPSA) is 115 Å². The van der Waals surface area contributed by atoms with Crippen LogP contribution in [0.1, 0.15) is 45.1 Å². The first-order chi connectivity index (χ1) is 13.3. The molecule has 1 aromatic heterocycles. The highest BCUT2D eigenvalue weighted by molar-refractivity contribution is 7.89. The first-order valence-corrected chi connectivity index (χ1v) is 10.3. The van der Waals surface area contributed by atoms with Crippen molar-refractivity contribution in [2.45, 2.75) is 31.2 Å². The number of hydrogen-bond acceptors (Lipinski definition) is 6. The average molecular weight is 406 g/mol. The molecule has 0 saturated heterocycles. The number of methoxy groups -OCH3 is 1. The number of carbonyl (C=O) groups is 2. The minimum Gasteiger partial charge on any atom is -0.465 e. The Kier molecular flexibility index (Phi) is 5.85. The number of hydrogen-bond donors (Lipinski definition) is 2. The Labute approximate surface area is 163 Å². The quantitative estimate of drug-likeness (QED) is 0.648. The van der Waals surface area contributed by atoms with E-state index in [1.807, 2.05) is 0 Å². The maximum Gasteiger partial charge on any atom is 0.341 e. The molecule has 8 nitrogen and oxygen atoms in total. The smallest absolute Gasteiger partial charge is 0.341 e. The summed E-state index contributed by atoms with van der Waals surface area (Å²) in [5.41, 5.74) is 0.507. The molecule has 0 atom stereocenters. The van der Waals surface area contributed by atoms with E-state index in [-0.39, 0.29) is 17.0 Å². The molecule has 1 heterocycles. The summed E-state index contributed by atoms with van der Waals surface area (Å²) in [5.74, 6) is 0.225. The summed E-state index contributed by atoms with van der Waals surface area (Å²) in [6, 6.07) is 7.34. The lowest BCUT2D eigenvalue weighted by atomic mass is 10.2. The van der Waals surface area contributed by atoms with Crippen LogP contribution in [0.2, 0.25) is 0 Å². The predicted molar refractivity (Wildman–Crippen MR) is 100 cm³/mol. The molecule has 1 fully saturated rings. The van der Waals surface area contributed by atoms with Gasteiger partial charge in [0.2, 0.25) is 10.0 Å². The SMILES string of the molecule is COC(=O)c1cc(CNC(=O)c2cccc(S(=O)(=O)NCC3CC3)c2)oc1C. The van der Waals surface area contributed by atoms with Crippen LogP contribution < -0.4 is 10.0 Å². The lowest BCUT2D eigenvalue weighted by Gasteiger charge is -2.08. The lowest BCUT2D eigenvalue weighted by Crippen LogP contribution is -2.27. The molecule has 1 saturated carbocycles. The van der Waals surface area contributed by atoms with E-state index in [4.69, 9.17) is 4.42 Å². The van der Waals surface area contributed by atoms with Crippen molar-refractivity contribution in [2.24, 2.45) is 5.92 Å². The van der Waals surface area contributed by atoms with Crippen LogP contribution in [-0.2, 0) is 21.3 Å². The highest BCUT2D eigenvalue weighted by atomic mass is 32.2. The first-order valence-electron chi connectivity index (χ1n) is 8.85. The molecular weight excluding hydrogens is 384 g/mol. The summed E-state index contributed by atoms with van der Waals surface area (Å²) in [6.45, 7) is 2.09. The fraction of sp³-hybridized carbons (Fsp3) is 0.368. The zero-order chi connectivity index (χ0) is 20.3. The second-order valence-electron chi connectivity index (χ2n) is 6.68. The molecule has 9 heteroatoms. The average Bonchev–Trinajstić information content (AvgIpc) is 3.45. The standard InChI is InChI=1S/C19H22N2O6S/c1-12-17(19(23)26-2)9-15(27-12)11-20-18(22)14-4-3-5-16(8-14)28(24,25)21-10-13-6-7-13/h3-5,8-9,13,21H,6-7,10-11H2,1-2H3,(H,20,22). The lowest BCUT2D eigenvalue weighted by molar-refractivity contribution is 0.0598. The number of rotatable bonds is 8. The van der Waals surface area contributed by atoms with Crippen molar-refractivity contribution in [3.8, 4) is 0 Å². The predicted octanol–water partition coefficient (Wildman–Crippen LogP) is 1.99. The van der Waals surface area contributed by atoms with Crippen LogP contribution >= 0.6 is 0 Å². The molecule has 1 aliphatic carbocycles. The van der Waals surface area contributed by atoms with Gasteiger partial charge >= 0.3 is 5.97 Å². The molecular formula is C19H22N2O6S. The van der Waals surface area contributed by atoms with E-state index in [0.29, 0.717) is 29.5 Å². The number of nitrogens with one attached hydrogen (secondary N) is 2. The van der Waals surface area contributed by atoms with Gasteiger partial charge in [-0.15, -0.1) is 0 Å². The van der Waals surface area contributed by atoms with Crippen molar-refractivity contribution in [2.75, 3.05) is 13.7 Å². The van der Waals surface area contributed by atoms with Gasteiger partial charge in [-0.25, -0.2) is 17.9 Å². The van der Waals surface area contributed by atoms with Crippen LogP contribution in [0.25, 0.3) is 0 Å². The van der Waals surface area contributed by atoms with Crippen LogP contribution in [0.4, 0.5) is 0 Å². The van der Waals surface area contributed by atoms with Gasteiger partial charge in [0, 0.05) is 12.1 Å². The molecule has 28 heavy (non-hydrogen) atoms. The fourth-order valence-corrected chi connectivity index (χ4v) is 3.81. The summed E-state index contributed by atoms with van der Waals surface area (Å²) in [6.07, 6.45) is 2.07. The van der Waals surface area contributed by atoms with Crippen LogP contribution in [-0.4, -0.2) is 33.9 Å². The number of carbonyl (C=O) groups excluding carboxylic acids is 2. The molecule has 0 unspecified atom stereocenters. The number of amides is 1. The molecule has 3 rings (SSSR count). The summed E-state index contributed by atoms with van der Waals surface area (Å²) in [5, 5.41) is 2.65. The molecule has 150 valence electrons. The monoisotopic (exact) mass is 406 g/mol. The van der Waals surface area contributed by atoms with E-state index in [1.165, 1.54) is 37.4 Å². The van der Waals surface area contributed by atoms with Crippen molar-refractivity contribution < 1.29 is 27.2 Å². The molecule has 0 bridgehead atoms. The molecule has 2 N–H and O–H groups in total. The Morgan fingerprint density at radius 3 is 2.68 bits per heavy atom. The van der Waals surface area contributed by atoms with E-state index in [1.54, 1.807) is 6.92 Å². The molecule has 1 aliphatic rings. The second-order valence-corrected chi connectivity index (χ2v) is 8.45. The van der Waals surface area contributed by atoms with Crippen molar-refractivity contribution in [1.82, 2.24) is 10.0 Å². The van der Waals surface area contributed by atoms with Crippen molar-refractivity contribution in [3.05, 3.63) is 53.0 Å². The highest BCUT2D eigenvalue weighted by Gasteiger charge is 2.24. The second kappa shape index (κ2) is 8.15. The molecule has 0 aliphatic heterocycles. The van der Waals surface area contributed by atoms with Gasteiger partial charge in [-0.1, -0.05) is 6.07 Å². The van der Waals surface area contributed by atoms with Crippen molar-refractivity contribution >= 4 is 21.9 Å². The van der Waals surface area contributed by atoms with Gasteiger partial charge in [-0.3, -0.25) is 4.79 Å². The van der Waals surface area contributed by atoms with Crippen molar-refractivity contribution in [3.63, 3.8) is 0 Å². The number of benzene rings is 1. The van der Waals surface area contributed by atoms with Crippen molar-refractivity contribution in [1.29, 1.82) is 0 Å². The number of ether oxygens (including phenoxy) is 1. The van der Waals surface area contributed by atoms with Crippen LogP contribution in [0.3, 0.4) is 0 Å². The maximum absolute atomic E-state index is 12.4. The first kappa shape index (κ1) is 20.1. The fourth-order valence-electron chi connectivity index (χ4n) is 2.65. The van der Waals surface area contributed by atoms with Gasteiger partial charge in [0.05, 0.1) is 18.6 Å². The third-order valence-corrected chi connectivity index (χ3v) is 5.88. The molecule has 0 radical (unpaired) electrons. The van der Waals surface area contributed by atoms with Gasteiger partial charge in [0.15, 0.2) is 0 Å². The van der Waals surface area contributed by atoms with Crippen LogP contribution in [0.15, 0.2) is 39.6 Å². The minimum absolute atomic E-state index is 0.0441. The number of sulfonamides is 1. The Morgan fingerprint density at radius 2 is 2.00 bits per heavy atom. The molecule has 2 aromatic rings. The molecule has 1 amide bonds. The molecule has 1 aromatic carbocycles. The number of aryl methyl sites for hydroxylation is 1. The Balaban J connectivity index is 1.65. The summed E-state index contributed by atoms with van der Waals surface area (Å²) < 4.78 is 37.4. The largest absolute Gasteiger partial charge is 0.465 e. The Morgan fingerprint density at radius 1 is 1.25 bits per heavy atom. The summed E-state index contributed by atoms with van der Waals surface area (Å²) in [4.78, 5) is 24.0. The zero-order valence-corrected chi connectivity index (χ0v) is 16.5. The van der Waals surface area contributed by atoms with E-state index in [2.05, 4.69) is 14.8 Å². The van der Waals surface area contributed by atoms with E-state index in [0.717, 1.165) is 12.8 Å². The van der Waals surface area contributed by atoms with Crippen LogP contribution in [0.5, 0.6) is 0 Å². The Bertz CT molecular complexity index is 992. The Hall–Kier alpha value is -2.65. The summed E-state index contributed by atoms with van der Waals surface area (Å²) in [7, 11) is -2.38. The van der Waals surface area contributed by atoms with Gasteiger partial charge in [-0.2, -0.15) is 0 Å². The third kappa shape index (κ3) is 4.79. The normalized spacial score (nSPS) is 13.9. The van der Waals surface area contributed by atoms with E-state index in [9.17, 15) is 18.0 Å². The van der Waals surface area contributed by atoms with Crippen LogP contribution in [0, 0.1) is 12.8 Å². The summed E-state index contributed by atoms with van der Waals surface area (Å²) >= 11 is 0. The minimum atomic E-state index is -3.65. The number of furan rings is 1. The van der Waals surface area contributed by atoms with E-state index >= 15 is 0 Å². The van der Waals surface area contributed by atoms with Gasteiger partial charge in [0.1, 0.15) is 17.1 Å². The molecule has 0 spiro atoms. The van der Waals surface area contributed by atoms with Gasteiger partial charge < -0.3 is 14.5 Å². The third-order valence-electron chi connectivity index (χ3n) is 4.46. The van der Waals surface area contributed by atoms with E-state index < -0.39 is 21.9 Å². The van der Waals surface area contributed by atoms with Gasteiger partial charge in [-0.05, 0) is 49.9 Å². The highest BCUT2D eigenvalue weighted by Crippen LogP contribution is 2.28. The van der Waals surface area contributed by atoms with Gasteiger partial charge in [0.25, 0.3) is 5.91 Å². The number of esters is 1. The maximum atomic E-state index is 12.4. The zero-order valence-electron chi connectivity index (χ0n) is 15.7.